The third kappa shape index (κ3) is 2.73. The van der Waals surface area contributed by atoms with Crippen molar-refractivity contribution in [3.8, 4) is 0 Å². The van der Waals surface area contributed by atoms with Gasteiger partial charge in [0.1, 0.15) is 5.76 Å². The first-order chi connectivity index (χ1) is 7.90. The zero-order valence-electron chi connectivity index (χ0n) is 9.52. The van der Waals surface area contributed by atoms with Gasteiger partial charge in [0.05, 0.1) is 19.1 Å². The van der Waals surface area contributed by atoms with Crippen molar-refractivity contribution < 1.29 is 4.42 Å². The number of hydrogen-bond acceptors (Lipinski definition) is 3. The molecule has 0 aromatic carbocycles. The van der Waals surface area contributed by atoms with E-state index in [1.165, 1.54) is 5.56 Å². The number of rotatable bonds is 6. The van der Waals surface area contributed by atoms with Gasteiger partial charge >= 0.3 is 0 Å². The van der Waals surface area contributed by atoms with Crippen molar-refractivity contribution in [2.75, 3.05) is 6.54 Å². The first-order valence-corrected chi connectivity index (χ1v) is 5.62. The van der Waals surface area contributed by atoms with Crippen LogP contribution in [0.5, 0.6) is 0 Å². The lowest BCUT2D eigenvalue weighted by molar-refractivity contribution is 0.485. The van der Waals surface area contributed by atoms with Crippen LogP contribution in [0, 0.1) is 0 Å². The topological polar surface area (TPSA) is 43.0 Å². The van der Waals surface area contributed by atoms with Gasteiger partial charge in [-0.3, -0.25) is 0 Å². The number of hydrogen-bond donors (Lipinski definition) is 1. The minimum Gasteiger partial charge on any atom is -0.467 e. The first-order valence-electron chi connectivity index (χ1n) is 5.62. The van der Waals surface area contributed by atoms with Gasteiger partial charge in [0.15, 0.2) is 0 Å². The first kappa shape index (κ1) is 11.0. The summed E-state index contributed by atoms with van der Waals surface area (Å²) in [5.74, 6) is 1.00. The van der Waals surface area contributed by atoms with E-state index in [1.807, 2.05) is 16.8 Å². The zero-order valence-corrected chi connectivity index (χ0v) is 9.52. The van der Waals surface area contributed by atoms with Crippen LogP contribution in [-0.2, 0) is 13.1 Å². The van der Waals surface area contributed by atoms with Crippen LogP contribution in [0.4, 0.5) is 0 Å². The fraction of sp³-hybridized carbons (Fsp3) is 0.417. The molecule has 0 saturated heterocycles. The van der Waals surface area contributed by atoms with Gasteiger partial charge in [-0.1, -0.05) is 6.92 Å². The highest BCUT2D eigenvalue weighted by molar-refractivity contribution is 5.17. The number of imidazole rings is 1. The molecule has 0 bridgehead atoms. The smallest absolute Gasteiger partial charge is 0.127 e. The van der Waals surface area contributed by atoms with Crippen LogP contribution in [0.15, 0.2) is 35.5 Å². The Morgan fingerprint density at radius 1 is 1.50 bits per heavy atom. The summed E-state index contributed by atoms with van der Waals surface area (Å²) < 4.78 is 7.48. The van der Waals surface area contributed by atoms with Gasteiger partial charge in [0.25, 0.3) is 0 Å². The molecule has 0 amide bonds. The number of nitrogens with one attached hydrogen (secondary N) is 1. The number of nitrogens with zero attached hydrogens (tertiary/aromatic N) is 2. The molecule has 0 spiro atoms. The Morgan fingerprint density at radius 3 is 3.19 bits per heavy atom. The third-order valence-electron chi connectivity index (χ3n) is 2.47. The van der Waals surface area contributed by atoms with Crippen molar-refractivity contribution in [3.63, 3.8) is 0 Å². The lowest BCUT2D eigenvalue weighted by Crippen LogP contribution is -2.14. The maximum Gasteiger partial charge on any atom is 0.127 e. The Kier molecular flexibility index (Phi) is 3.77. The molecule has 4 nitrogen and oxygen atoms in total. The van der Waals surface area contributed by atoms with Crippen LogP contribution in [0.1, 0.15) is 24.7 Å². The minimum atomic E-state index is 0.746. The van der Waals surface area contributed by atoms with Crippen molar-refractivity contribution in [2.24, 2.45) is 0 Å². The van der Waals surface area contributed by atoms with E-state index in [4.69, 9.17) is 4.42 Å². The van der Waals surface area contributed by atoms with E-state index in [-0.39, 0.29) is 0 Å². The third-order valence-corrected chi connectivity index (χ3v) is 2.47. The summed E-state index contributed by atoms with van der Waals surface area (Å²) in [6.07, 6.45) is 8.40. The van der Waals surface area contributed by atoms with Crippen molar-refractivity contribution >= 4 is 0 Å². The van der Waals surface area contributed by atoms with Crippen LogP contribution in [0.2, 0.25) is 0 Å². The van der Waals surface area contributed by atoms with Gasteiger partial charge in [-0.15, -0.1) is 0 Å². The van der Waals surface area contributed by atoms with Gasteiger partial charge in [-0.25, -0.2) is 4.98 Å². The quantitative estimate of drug-likeness (QED) is 0.756. The maximum absolute atomic E-state index is 5.48. The van der Waals surface area contributed by atoms with Crippen molar-refractivity contribution in [1.29, 1.82) is 0 Å². The second-order valence-electron chi connectivity index (χ2n) is 3.78. The predicted octanol–water partition coefficient (Wildman–Crippen LogP) is 2.02. The van der Waals surface area contributed by atoms with Crippen molar-refractivity contribution in [3.05, 3.63) is 42.4 Å². The molecular weight excluding hydrogens is 202 g/mol. The average Bonchev–Trinajstić information content (AvgIpc) is 2.92. The summed E-state index contributed by atoms with van der Waals surface area (Å²) in [7, 11) is 0. The molecule has 2 aromatic rings. The number of furan rings is 1. The molecule has 0 aliphatic carbocycles. The van der Waals surface area contributed by atoms with E-state index < -0.39 is 0 Å². The maximum atomic E-state index is 5.48. The summed E-state index contributed by atoms with van der Waals surface area (Å²) in [4.78, 5) is 4.01. The second-order valence-corrected chi connectivity index (χ2v) is 3.78. The second kappa shape index (κ2) is 5.51. The normalized spacial score (nSPS) is 10.8. The summed E-state index contributed by atoms with van der Waals surface area (Å²) in [5, 5.41) is 3.37. The van der Waals surface area contributed by atoms with E-state index in [2.05, 4.69) is 17.2 Å². The average molecular weight is 219 g/mol. The van der Waals surface area contributed by atoms with Gasteiger partial charge in [0.2, 0.25) is 0 Å². The molecule has 0 saturated carbocycles. The van der Waals surface area contributed by atoms with Crippen LogP contribution in [0.3, 0.4) is 0 Å². The van der Waals surface area contributed by atoms with Crippen molar-refractivity contribution in [1.82, 2.24) is 14.9 Å². The van der Waals surface area contributed by atoms with Crippen LogP contribution >= 0.6 is 0 Å². The molecule has 86 valence electrons. The van der Waals surface area contributed by atoms with Crippen molar-refractivity contribution in [2.45, 2.75) is 26.4 Å². The Balaban J connectivity index is 1.96. The summed E-state index contributed by atoms with van der Waals surface area (Å²) in [6, 6.07) is 2.02. The molecule has 4 heteroatoms. The highest BCUT2D eigenvalue weighted by Crippen LogP contribution is 2.11. The van der Waals surface area contributed by atoms with Gasteiger partial charge in [-0.05, 0) is 19.0 Å². The number of aromatic nitrogens is 2. The monoisotopic (exact) mass is 219 g/mol. The molecule has 0 aliphatic rings. The minimum absolute atomic E-state index is 0.746. The molecule has 0 fully saturated rings. The Bertz CT molecular complexity index is 406. The van der Waals surface area contributed by atoms with Gasteiger partial charge in [0, 0.05) is 24.5 Å². The lowest BCUT2D eigenvalue weighted by atomic mass is 10.2. The molecule has 0 atom stereocenters. The van der Waals surface area contributed by atoms with E-state index in [1.54, 1.807) is 18.8 Å². The highest BCUT2D eigenvalue weighted by atomic mass is 16.3. The molecule has 0 radical (unpaired) electrons. The summed E-state index contributed by atoms with van der Waals surface area (Å²) in [5.41, 5.74) is 1.22. The molecule has 2 aromatic heterocycles. The molecule has 2 rings (SSSR count). The fourth-order valence-electron chi connectivity index (χ4n) is 1.61. The van der Waals surface area contributed by atoms with Gasteiger partial charge in [-0.2, -0.15) is 0 Å². The molecule has 0 aliphatic heterocycles. The van der Waals surface area contributed by atoms with Gasteiger partial charge < -0.3 is 14.3 Å². The van der Waals surface area contributed by atoms with E-state index in [9.17, 15) is 0 Å². The van der Waals surface area contributed by atoms with E-state index in [0.717, 1.165) is 31.8 Å². The summed E-state index contributed by atoms with van der Waals surface area (Å²) >= 11 is 0. The largest absolute Gasteiger partial charge is 0.467 e. The fourth-order valence-corrected chi connectivity index (χ4v) is 1.61. The molecule has 16 heavy (non-hydrogen) atoms. The standard InChI is InChI=1S/C12H17N3O/c1-2-4-13-8-11-3-7-16-12(11)9-15-6-5-14-10-15/h3,5-7,10,13H,2,4,8-9H2,1H3. The van der Waals surface area contributed by atoms with E-state index >= 15 is 0 Å². The lowest BCUT2D eigenvalue weighted by Gasteiger charge is -2.04. The van der Waals surface area contributed by atoms with E-state index in [0.29, 0.717) is 0 Å². The Hall–Kier alpha value is -1.55. The SMILES string of the molecule is CCCNCc1ccoc1Cn1ccnc1. The Morgan fingerprint density at radius 2 is 2.44 bits per heavy atom. The zero-order chi connectivity index (χ0) is 11.2. The predicted molar refractivity (Wildman–Crippen MR) is 62.0 cm³/mol. The molecular formula is C12H17N3O. The summed E-state index contributed by atoms with van der Waals surface area (Å²) in [6.45, 7) is 4.81. The Labute approximate surface area is 95.3 Å². The highest BCUT2D eigenvalue weighted by Gasteiger charge is 2.06. The molecule has 1 N–H and O–H groups in total. The van der Waals surface area contributed by atoms with Crippen LogP contribution in [-0.4, -0.2) is 16.1 Å². The van der Waals surface area contributed by atoms with Crippen LogP contribution < -0.4 is 5.32 Å². The molecule has 2 heterocycles. The van der Waals surface area contributed by atoms with Crippen LogP contribution in [0.25, 0.3) is 0 Å². The molecule has 0 unspecified atom stereocenters.